The molecule has 1 aromatic carbocycles. The highest BCUT2D eigenvalue weighted by Gasteiger charge is 2.11. The Bertz CT molecular complexity index is 468. The van der Waals surface area contributed by atoms with Gasteiger partial charge in [-0.3, -0.25) is 4.99 Å². The van der Waals surface area contributed by atoms with E-state index in [0.29, 0.717) is 6.61 Å². The van der Waals surface area contributed by atoms with E-state index in [0.717, 1.165) is 36.5 Å². The second kappa shape index (κ2) is 6.33. The van der Waals surface area contributed by atoms with Crippen molar-refractivity contribution >= 4 is 11.8 Å². The molecule has 1 heterocycles. The smallest absolute Gasteiger partial charge is 0.332 e. The number of ether oxygens (including phenoxy) is 1. The van der Waals surface area contributed by atoms with Crippen molar-refractivity contribution in [2.45, 2.75) is 26.1 Å². The van der Waals surface area contributed by atoms with Gasteiger partial charge in [0.05, 0.1) is 6.61 Å². The first-order chi connectivity index (χ1) is 9.16. The summed E-state index contributed by atoms with van der Waals surface area (Å²) in [5.41, 5.74) is 2.00. The van der Waals surface area contributed by atoms with Gasteiger partial charge >= 0.3 is 5.97 Å². The molecule has 1 unspecified atom stereocenters. The average Bonchev–Trinajstić information content (AvgIpc) is 2.46. The van der Waals surface area contributed by atoms with Gasteiger partial charge in [-0.1, -0.05) is 24.3 Å². The van der Waals surface area contributed by atoms with Gasteiger partial charge < -0.3 is 15.2 Å². The Kier molecular flexibility index (Phi) is 4.52. The Morgan fingerprint density at radius 3 is 2.79 bits per heavy atom. The topological polar surface area (TPSA) is 70.9 Å². The molecule has 1 aliphatic rings. The largest absolute Gasteiger partial charge is 0.479 e. The van der Waals surface area contributed by atoms with Crippen LogP contribution in [0.3, 0.4) is 0 Å². The van der Waals surface area contributed by atoms with E-state index in [1.807, 2.05) is 24.3 Å². The first-order valence-electron chi connectivity index (χ1n) is 6.39. The number of nitrogens with zero attached hydrogens (tertiary/aromatic N) is 1. The van der Waals surface area contributed by atoms with E-state index < -0.39 is 12.1 Å². The van der Waals surface area contributed by atoms with Crippen LogP contribution >= 0.6 is 0 Å². The number of carboxylic acid groups (broad SMARTS) is 1. The number of hydrogen-bond acceptors (Lipinski definition) is 4. The van der Waals surface area contributed by atoms with E-state index in [-0.39, 0.29) is 0 Å². The fourth-order valence-electron chi connectivity index (χ4n) is 1.78. The van der Waals surface area contributed by atoms with Gasteiger partial charge in [0.1, 0.15) is 5.84 Å². The number of nitrogens with one attached hydrogen (secondary N) is 1. The van der Waals surface area contributed by atoms with Crippen LogP contribution in [-0.2, 0) is 16.1 Å². The number of aliphatic carboxylic acids is 1. The Labute approximate surface area is 112 Å². The van der Waals surface area contributed by atoms with Crippen LogP contribution < -0.4 is 5.32 Å². The molecule has 0 saturated carbocycles. The fourth-order valence-corrected chi connectivity index (χ4v) is 1.78. The lowest BCUT2D eigenvalue weighted by atomic mass is 10.1. The van der Waals surface area contributed by atoms with Gasteiger partial charge in [-0.2, -0.15) is 0 Å². The van der Waals surface area contributed by atoms with E-state index in [1.54, 1.807) is 0 Å². The molecule has 102 valence electrons. The highest BCUT2D eigenvalue weighted by atomic mass is 16.5. The summed E-state index contributed by atoms with van der Waals surface area (Å²) in [6.07, 6.45) is 0.284. The standard InChI is InChI=1S/C14H18N2O3/c1-10(14(17)18)19-9-11-3-5-12(6-4-11)13-15-7-2-8-16-13/h3-6,10H,2,7-9H2,1H3,(H,15,16)(H,17,18). The molecule has 5 heteroatoms. The van der Waals surface area contributed by atoms with Gasteiger partial charge in [-0.25, -0.2) is 4.79 Å². The van der Waals surface area contributed by atoms with Crippen LogP contribution in [0.1, 0.15) is 24.5 Å². The van der Waals surface area contributed by atoms with Crippen LogP contribution in [0.2, 0.25) is 0 Å². The zero-order valence-corrected chi connectivity index (χ0v) is 10.9. The number of benzene rings is 1. The molecule has 0 saturated heterocycles. The second-order valence-electron chi connectivity index (χ2n) is 4.50. The van der Waals surface area contributed by atoms with Crippen molar-refractivity contribution in [2.24, 2.45) is 4.99 Å². The van der Waals surface area contributed by atoms with Crippen molar-refractivity contribution in [2.75, 3.05) is 13.1 Å². The van der Waals surface area contributed by atoms with Crippen molar-refractivity contribution in [3.8, 4) is 0 Å². The summed E-state index contributed by atoms with van der Waals surface area (Å²) in [5.74, 6) is -0.0185. The van der Waals surface area contributed by atoms with E-state index in [2.05, 4.69) is 10.3 Å². The number of amidine groups is 1. The minimum atomic E-state index is -0.947. The molecule has 0 bridgehead atoms. The predicted molar refractivity (Wildman–Crippen MR) is 72.4 cm³/mol. The molecule has 0 aromatic heterocycles. The van der Waals surface area contributed by atoms with Crippen LogP contribution in [-0.4, -0.2) is 36.1 Å². The average molecular weight is 262 g/mol. The maximum atomic E-state index is 10.6. The summed E-state index contributed by atoms with van der Waals surface area (Å²) < 4.78 is 5.23. The molecule has 5 nitrogen and oxygen atoms in total. The second-order valence-corrected chi connectivity index (χ2v) is 4.50. The van der Waals surface area contributed by atoms with Crippen molar-refractivity contribution in [1.29, 1.82) is 0 Å². The summed E-state index contributed by atoms with van der Waals surface area (Å²) in [6, 6.07) is 7.81. The van der Waals surface area contributed by atoms with E-state index in [9.17, 15) is 4.79 Å². The highest BCUT2D eigenvalue weighted by Crippen LogP contribution is 2.09. The zero-order chi connectivity index (χ0) is 13.7. The molecule has 19 heavy (non-hydrogen) atoms. The van der Waals surface area contributed by atoms with Crippen molar-refractivity contribution in [3.05, 3.63) is 35.4 Å². The van der Waals surface area contributed by atoms with Crippen LogP contribution in [0.25, 0.3) is 0 Å². The zero-order valence-electron chi connectivity index (χ0n) is 10.9. The normalized spacial score (nSPS) is 16.4. The molecule has 0 aliphatic carbocycles. The van der Waals surface area contributed by atoms with Crippen molar-refractivity contribution in [1.82, 2.24) is 5.32 Å². The van der Waals surface area contributed by atoms with Gasteiger partial charge in [0.15, 0.2) is 6.10 Å². The Hall–Kier alpha value is -1.88. The first-order valence-corrected chi connectivity index (χ1v) is 6.39. The van der Waals surface area contributed by atoms with E-state index in [4.69, 9.17) is 9.84 Å². The fraction of sp³-hybridized carbons (Fsp3) is 0.429. The summed E-state index contributed by atoms with van der Waals surface area (Å²) in [4.78, 5) is 15.1. The maximum absolute atomic E-state index is 10.6. The lowest BCUT2D eigenvalue weighted by Gasteiger charge is -2.15. The minimum Gasteiger partial charge on any atom is -0.479 e. The quantitative estimate of drug-likeness (QED) is 0.841. The monoisotopic (exact) mass is 262 g/mol. The molecule has 0 spiro atoms. The molecule has 1 aromatic rings. The Morgan fingerprint density at radius 2 is 2.21 bits per heavy atom. The van der Waals surface area contributed by atoms with Gasteiger partial charge in [-0.15, -0.1) is 0 Å². The molecule has 2 rings (SSSR count). The van der Waals surface area contributed by atoms with Crippen LogP contribution in [0.5, 0.6) is 0 Å². The summed E-state index contributed by atoms with van der Waals surface area (Å²) in [7, 11) is 0. The number of hydrogen-bond donors (Lipinski definition) is 2. The van der Waals surface area contributed by atoms with Gasteiger partial charge in [0.2, 0.25) is 0 Å². The first kappa shape index (κ1) is 13.5. The molecule has 0 amide bonds. The lowest BCUT2D eigenvalue weighted by molar-refractivity contribution is -0.149. The summed E-state index contributed by atoms with van der Waals surface area (Å²) in [6.45, 7) is 3.65. The van der Waals surface area contributed by atoms with E-state index in [1.165, 1.54) is 6.92 Å². The van der Waals surface area contributed by atoms with Gasteiger partial charge in [0.25, 0.3) is 0 Å². The molecule has 1 aliphatic heterocycles. The third kappa shape index (κ3) is 3.79. The van der Waals surface area contributed by atoms with Gasteiger partial charge in [-0.05, 0) is 18.9 Å². The van der Waals surface area contributed by atoms with Crippen molar-refractivity contribution in [3.63, 3.8) is 0 Å². The molecule has 2 N–H and O–H groups in total. The molecular formula is C14H18N2O3. The maximum Gasteiger partial charge on any atom is 0.332 e. The SMILES string of the molecule is CC(OCc1ccc(C2=NCCCN2)cc1)C(=O)O. The number of aliphatic imine (C=N–C) groups is 1. The van der Waals surface area contributed by atoms with Crippen LogP contribution in [0.4, 0.5) is 0 Å². The predicted octanol–water partition coefficient (Wildman–Crippen LogP) is 1.42. The Balaban J connectivity index is 1.94. The lowest BCUT2D eigenvalue weighted by Crippen LogP contribution is -2.30. The van der Waals surface area contributed by atoms with E-state index >= 15 is 0 Å². The minimum absolute atomic E-state index is 0.299. The van der Waals surface area contributed by atoms with Crippen LogP contribution in [0.15, 0.2) is 29.3 Å². The molecular weight excluding hydrogens is 244 g/mol. The summed E-state index contributed by atoms with van der Waals surface area (Å²) in [5, 5.41) is 12.0. The van der Waals surface area contributed by atoms with Gasteiger partial charge in [0, 0.05) is 18.7 Å². The highest BCUT2D eigenvalue weighted by molar-refractivity contribution is 5.99. The Morgan fingerprint density at radius 1 is 1.47 bits per heavy atom. The number of rotatable bonds is 5. The molecule has 1 atom stereocenters. The third-order valence-electron chi connectivity index (χ3n) is 2.97. The molecule has 0 radical (unpaired) electrons. The third-order valence-corrected chi connectivity index (χ3v) is 2.97. The summed E-state index contributed by atoms with van der Waals surface area (Å²) >= 11 is 0. The number of carbonyl (C=O) groups is 1. The molecule has 0 fully saturated rings. The number of carboxylic acids is 1. The van der Waals surface area contributed by atoms with Crippen molar-refractivity contribution < 1.29 is 14.6 Å². The van der Waals surface area contributed by atoms with Crippen LogP contribution in [0, 0.1) is 0 Å².